The summed E-state index contributed by atoms with van der Waals surface area (Å²) in [5.41, 5.74) is 9.80. The molecule has 0 atom stereocenters. The Morgan fingerprint density at radius 2 is 0.762 bits per heavy atom. The summed E-state index contributed by atoms with van der Waals surface area (Å²) in [6.45, 7) is 0. The molecular formula is C38H22N4. The van der Waals surface area contributed by atoms with Gasteiger partial charge in [0.1, 0.15) is 0 Å². The fraction of sp³-hybridized carbons (Fsp3) is 0. The highest BCUT2D eigenvalue weighted by molar-refractivity contribution is 6.11. The van der Waals surface area contributed by atoms with Crippen molar-refractivity contribution in [3.05, 3.63) is 145 Å². The highest BCUT2D eigenvalue weighted by Gasteiger charge is 2.20. The number of nitriles is 2. The molecular weight excluding hydrogens is 512 g/mol. The van der Waals surface area contributed by atoms with Crippen molar-refractivity contribution in [1.82, 2.24) is 9.13 Å². The first-order valence-corrected chi connectivity index (χ1v) is 13.8. The van der Waals surface area contributed by atoms with Crippen molar-refractivity contribution in [2.45, 2.75) is 0 Å². The van der Waals surface area contributed by atoms with E-state index in [0.717, 1.165) is 55.3 Å². The van der Waals surface area contributed by atoms with Gasteiger partial charge in [-0.2, -0.15) is 10.5 Å². The van der Waals surface area contributed by atoms with Crippen LogP contribution >= 0.6 is 0 Å². The van der Waals surface area contributed by atoms with Gasteiger partial charge in [0.15, 0.2) is 0 Å². The lowest BCUT2D eigenvalue weighted by Gasteiger charge is -2.18. The summed E-state index contributed by atoms with van der Waals surface area (Å²) in [7, 11) is 0. The zero-order chi connectivity index (χ0) is 28.2. The molecule has 0 fully saturated rings. The van der Waals surface area contributed by atoms with Crippen molar-refractivity contribution in [2.24, 2.45) is 0 Å². The van der Waals surface area contributed by atoms with Crippen LogP contribution < -0.4 is 0 Å². The maximum absolute atomic E-state index is 9.65. The van der Waals surface area contributed by atoms with E-state index in [1.54, 1.807) is 0 Å². The third-order valence-electron chi connectivity index (χ3n) is 8.18. The first-order valence-electron chi connectivity index (χ1n) is 13.8. The molecule has 0 N–H and O–H groups in total. The highest BCUT2D eigenvalue weighted by atomic mass is 15.0. The molecule has 4 nitrogen and oxygen atoms in total. The molecule has 194 valence electrons. The average molecular weight is 535 g/mol. The Kier molecular flexibility index (Phi) is 5.22. The summed E-state index contributed by atoms with van der Waals surface area (Å²) in [5.74, 6) is 0. The molecule has 2 heterocycles. The second-order valence-electron chi connectivity index (χ2n) is 10.4. The number of rotatable bonds is 3. The molecule has 0 radical (unpaired) electrons. The molecule has 0 aliphatic carbocycles. The van der Waals surface area contributed by atoms with Crippen LogP contribution in [0.5, 0.6) is 0 Å². The first-order chi connectivity index (χ1) is 20.8. The van der Waals surface area contributed by atoms with E-state index in [2.05, 4.69) is 118 Å². The normalized spacial score (nSPS) is 11.3. The molecule has 0 aliphatic heterocycles. The van der Waals surface area contributed by atoms with Crippen LogP contribution in [0.2, 0.25) is 0 Å². The minimum atomic E-state index is 0.592. The fourth-order valence-corrected chi connectivity index (χ4v) is 6.40. The smallest absolute Gasteiger partial charge is 0.0991 e. The second kappa shape index (κ2) is 9.24. The van der Waals surface area contributed by atoms with E-state index < -0.39 is 0 Å². The van der Waals surface area contributed by atoms with Gasteiger partial charge in [-0.25, -0.2) is 0 Å². The number of hydrogen-bond donors (Lipinski definition) is 0. The number of hydrogen-bond acceptors (Lipinski definition) is 2. The molecule has 42 heavy (non-hydrogen) atoms. The lowest BCUT2D eigenvalue weighted by Crippen LogP contribution is -2.01. The molecule has 4 heteroatoms. The summed E-state index contributed by atoms with van der Waals surface area (Å²) in [6.07, 6.45) is 0. The molecule has 8 rings (SSSR count). The monoisotopic (exact) mass is 534 g/mol. The van der Waals surface area contributed by atoms with Crippen LogP contribution in [0.4, 0.5) is 0 Å². The Morgan fingerprint density at radius 1 is 0.381 bits per heavy atom. The third-order valence-corrected chi connectivity index (χ3v) is 8.18. The van der Waals surface area contributed by atoms with E-state index >= 15 is 0 Å². The summed E-state index contributed by atoms with van der Waals surface area (Å²) in [5, 5.41) is 23.6. The largest absolute Gasteiger partial charge is 0.309 e. The third kappa shape index (κ3) is 3.40. The van der Waals surface area contributed by atoms with E-state index in [0.29, 0.717) is 11.1 Å². The Morgan fingerprint density at radius 3 is 1.21 bits per heavy atom. The van der Waals surface area contributed by atoms with Gasteiger partial charge in [-0.05, 0) is 60.7 Å². The Labute approximate surface area is 242 Å². The predicted molar refractivity (Wildman–Crippen MR) is 170 cm³/mol. The molecule has 8 aromatic rings. The van der Waals surface area contributed by atoms with Gasteiger partial charge in [0.25, 0.3) is 0 Å². The average Bonchev–Trinajstić information content (AvgIpc) is 3.56. The molecule has 0 amide bonds. The highest BCUT2D eigenvalue weighted by Crippen LogP contribution is 2.40. The molecule has 0 spiro atoms. The Balaban J connectivity index is 1.46. The molecule has 0 unspecified atom stereocenters. The molecule has 2 aromatic heterocycles. The van der Waals surface area contributed by atoms with Crippen LogP contribution in [0.25, 0.3) is 66.1 Å². The van der Waals surface area contributed by atoms with Gasteiger partial charge in [-0.3, -0.25) is 0 Å². The van der Waals surface area contributed by atoms with E-state index in [1.807, 2.05) is 36.4 Å². The van der Waals surface area contributed by atoms with Crippen molar-refractivity contribution in [1.29, 1.82) is 10.5 Å². The van der Waals surface area contributed by atoms with Gasteiger partial charge in [-0.1, -0.05) is 72.8 Å². The molecule has 0 saturated carbocycles. The zero-order valence-electron chi connectivity index (χ0n) is 22.5. The van der Waals surface area contributed by atoms with Gasteiger partial charge in [0, 0.05) is 32.7 Å². The predicted octanol–water partition coefficient (Wildman–Crippen LogP) is 9.29. The van der Waals surface area contributed by atoms with E-state index in [1.165, 1.54) is 10.8 Å². The standard InChI is InChI=1S/C38H22N4/c39-23-25-17-19-37-31(21-25)32-22-26(24-40)18-20-38(32)42(37)36-16-8-4-12-30(36)29-11-3-7-15-35(29)41-33-13-5-1-9-27(33)28-10-2-6-14-34(28)41/h1-22H. The maximum Gasteiger partial charge on any atom is 0.0991 e. The lowest BCUT2D eigenvalue weighted by atomic mass is 10.0. The summed E-state index contributed by atoms with van der Waals surface area (Å²) in [4.78, 5) is 0. The van der Waals surface area contributed by atoms with Crippen molar-refractivity contribution in [3.63, 3.8) is 0 Å². The van der Waals surface area contributed by atoms with Gasteiger partial charge >= 0.3 is 0 Å². The quantitative estimate of drug-likeness (QED) is 0.227. The van der Waals surface area contributed by atoms with Crippen molar-refractivity contribution in [3.8, 4) is 34.6 Å². The Bertz CT molecular complexity index is 2320. The maximum atomic E-state index is 9.65. The summed E-state index contributed by atoms with van der Waals surface area (Å²) >= 11 is 0. The lowest BCUT2D eigenvalue weighted by molar-refractivity contribution is 1.16. The van der Waals surface area contributed by atoms with Crippen molar-refractivity contribution >= 4 is 43.6 Å². The van der Waals surface area contributed by atoms with Crippen molar-refractivity contribution < 1.29 is 0 Å². The van der Waals surface area contributed by atoms with Crippen LogP contribution in [0.3, 0.4) is 0 Å². The molecule has 0 saturated heterocycles. The second-order valence-corrected chi connectivity index (χ2v) is 10.4. The van der Waals surface area contributed by atoms with E-state index in [4.69, 9.17) is 0 Å². The van der Waals surface area contributed by atoms with Crippen molar-refractivity contribution in [2.75, 3.05) is 0 Å². The minimum absolute atomic E-state index is 0.592. The fourth-order valence-electron chi connectivity index (χ4n) is 6.40. The van der Waals surface area contributed by atoms with Crippen LogP contribution in [0.15, 0.2) is 133 Å². The van der Waals surface area contributed by atoms with Gasteiger partial charge in [-0.15, -0.1) is 0 Å². The van der Waals surface area contributed by atoms with Crippen LogP contribution in [-0.4, -0.2) is 9.13 Å². The Hall–Kier alpha value is -6.10. The SMILES string of the molecule is N#Cc1ccc2c(c1)c1cc(C#N)ccc1n2-c1ccccc1-c1ccccc1-n1c2ccccc2c2ccccc21. The zero-order valence-corrected chi connectivity index (χ0v) is 22.5. The number of fused-ring (bicyclic) bond motifs is 6. The van der Waals surface area contributed by atoms with Gasteiger partial charge in [0.2, 0.25) is 0 Å². The van der Waals surface area contributed by atoms with Gasteiger partial charge in [0.05, 0.1) is 56.7 Å². The first kappa shape index (κ1) is 23.8. The summed E-state index contributed by atoms with van der Waals surface area (Å²) in [6, 6.07) is 50.3. The number of para-hydroxylation sites is 4. The van der Waals surface area contributed by atoms with Crippen LogP contribution in [0.1, 0.15) is 11.1 Å². The van der Waals surface area contributed by atoms with Crippen LogP contribution in [0, 0.1) is 22.7 Å². The van der Waals surface area contributed by atoms with E-state index in [-0.39, 0.29) is 0 Å². The molecule has 0 bridgehead atoms. The molecule has 0 aliphatic rings. The van der Waals surface area contributed by atoms with Gasteiger partial charge < -0.3 is 9.13 Å². The topological polar surface area (TPSA) is 57.4 Å². The summed E-state index contributed by atoms with van der Waals surface area (Å²) < 4.78 is 4.62. The van der Waals surface area contributed by atoms with E-state index in [9.17, 15) is 10.5 Å². The minimum Gasteiger partial charge on any atom is -0.309 e. The van der Waals surface area contributed by atoms with Crippen LogP contribution in [-0.2, 0) is 0 Å². The molecule has 6 aromatic carbocycles. The number of benzene rings is 6. The number of aromatic nitrogens is 2. The number of nitrogens with zero attached hydrogens (tertiary/aromatic N) is 4.